The zero-order chi connectivity index (χ0) is 19.1. The summed E-state index contributed by atoms with van der Waals surface area (Å²) in [5, 5.41) is 9.27. The number of carboxylic acid groups (broad SMARTS) is 1. The SMILES string of the molecule is Cc1oc2ccc(OC(F)(F)c3cccnc3C(F)F)cc2c1C(=O)O. The molecule has 0 saturated carbocycles. The van der Waals surface area contributed by atoms with Crippen LogP contribution in [-0.2, 0) is 6.11 Å². The summed E-state index contributed by atoms with van der Waals surface area (Å²) in [4.78, 5) is 14.6. The number of hydrogen-bond acceptors (Lipinski definition) is 4. The van der Waals surface area contributed by atoms with Crippen LogP contribution < -0.4 is 4.74 Å². The second-order valence-corrected chi connectivity index (χ2v) is 5.35. The number of aryl methyl sites for hydroxylation is 1. The van der Waals surface area contributed by atoms with Gasteiger partial charge in [0, 0.05) is 11.6 Å². The Hall–Kier alpha value is -3.10. The number of pyridine rings is 1. The van der Waals surface area contributed by atoms with Crippen LogP contribution in [0.25, 0.3) is 11.0 Å². The zero-order valence-electron chi connectivity index (χ0n) is 13.2. The molecule has 2 aromatic heterocycles. The first-order valence-electron chi connectivity index (χ1n) is 7.27. The number of alkyl halides is 4. The van der Waals surface area contributed by atoms with Gasteiger partial charge in [0.25, 0.3) is 6.43 Å². The van der Waals surface area contributed by atoms with Crippen LogP contribution in [0.2, 0.25) is 0 Å². The molecule has 26 heavy (non-hydrogen) atoms. The number of fused-ring (bicyclic) bond motifs is 1. The first kappa shape index (κ1) is 17.7. The third kappa shape index (κ3) is 3.07. The van der Waals surface area contributed by atoms with Gasteiger partial charge in [0.15, 0.2) is 0 Å². The molecular weight excluding hydrogens is 358 g/mol. The standard InChI is InChI=1S/C17H11F4NO4/c1-8-13(16(23)24)10-7-9(4-5-12(10)25-8)26-17(20,21)11-3-2-6-22-14(11)15(18)19/h2-7,15H,1H3,(H,23,24). The van der Waals surface area contributed by atoms with Crippen molar-refractivity contribution in [1.29, 1.82) is 0 Å². The Balaban J connectivity index is 2.03. The molecule has 0 aliphatic heterocycles. The molecular formula is C17H11F4NO4. The molecule has 0 spiro atoms. The Kier molecular flexibility index (Phi) is 4.31. The van der Waals surface area contributed by atoms with E-state index in [4.69, 9.17) is 4.42 Å². The van der Waals surface area contributed by atoms with E-state index < -0.39 is 35.5 Å². The second-order valence-electron chi connectivity index (χ2n) is 5.35. The predicted octanol–water partition coefficient (Wildman–Crippen LogP) is 4.90. The first-order chi connectivity index (χ1) is 12.2. The summed E-state index contributed by atoms with van der Waals surface area (Å²) in [6, 6.07) is 5.32. The topological polar surface area (TPSA) is 72.6 Å². The van der Waals surface area contributed by atoms with E-state index >= 15 is 0 Å². The van der Waals surface area contributed by atoms with E-state index in [1.807, 2.05) is 0 Å². The van der Waals surface area contributed by atoms with Crippen molar-refractivity contribution < 1.29 is 36.6 Å². The van der Waals surface area contributed by atoms with Crippen molar-refractivity contribution in [2.75, 3.05) is 0 Å². The quantitative estimate of drug-likeness (QED) is 0.648. The number of aromatic nitrogens is 1. The summed E-state index contributed by atoms with van der Waals surface area (Å²) >= 11 is 0. The Bertz CT molecular complexity index is 984. The summed E-state index contributed by atoms with van der Waals surface area (Å²) in [6.07, 6.45) is -6.34. The minimum Gasteiger partial charge on any atom is -0.478 e. The lowest BCUT2D eigenvalue weighted by atomic mass is 10.1. The summed E-state index contributed by atoms with van der Waals surface area (Å²) in [6.45, 7) is 1.42. The van der Waals surface area contributed by atoms with Gasteiger partial charge in [-0.25, -0.2) is 13.6 Å². The number of carboxylic acids is 1. The number of rotatable bonds is 5. The normalized spacial score (nSPS) is 11.9. The summed E-state index contributed by atoms with van der Waals surface area (Å²) in [5.74, 6) is -1.60. The van der Waals surface area contributed by atoms with Gasteiger partial charge in [-0.2, -0.15) is 8.78 Å². The molecule has 0 atom stereocenters. The van der Waals surface area contributed by atoms with Crippen LogP contribution in [-0.4, -0.2) is 16.1 Å². The van der Waals surface area contributed by atoms with Crippen LogP contribution in [0.15, 0.2) is 40.9 Å². The van der Waals surface area contributed by atoms with E-state index in [9.17, 15) is 27.5 Å². The number of nitrogens with zero attached hydrogens (tertiary/aromatic N) is 1. The van der Waals surface area contributed by atoms with Gasteiger partial charge in [-0.3, -0.25) is 4.98 Å². The molecule has 0 fully saturated rings. The van der Waals surface area contributed by atoms with Crippen LogP contribution in [0, 0.1) is 6.92 Å². The summed E-state index contributed by atoms with van der Waals surface area (Å²) in [5.41, 5.74) is -2.19. The minimum absolute atomic E-state index is 0.0589. The molecule has 0 bridgehead atoms. The van der Waals surface area contributed by atoms with Gasteiger partial charge in [-0.1, -0.05) is 0 Å². The molecule has 0 saturated heterocycles. The highest BCUT2D eigenvalue weighted by Gasteiger charge is 2.39. The van der Waals surface area contributed by atoms with Crippen LogP contribution in [0.1, 0.15) is 33.8 Å². The highest BCUT2D eigenvalue weighted by molar-refractivity contribution is 6.03. The molecule has 0 aliphatic rings. The van der Waals surface area contributed by atoms with Gasteiger partial charge in [0.1, 0.15) is 28.4 Å². The molecule has 3 rings (SSSR count). The highest BCUT2D eigenvalue weighted by Crippen LogP contribution is 2.37. The van der Waals surface area contributed by atoms with E-state index in [0.717, 1.165) is 30.5 Å². The maximum absolute atomic E-state index is 14.4. The van der Waals surface area contributed by atoms with Gasteiger partial charge in [0.05, 0.1) is 5.56 Å². The molecule has 0 radical (unpaired) electrons. The fourth-order valence-corrected chi connectivity index (χ4v) is 2.57. The van der Waals surface area contributed by atoms with E-state index in [1.54, 1.807) is 0 Å². The van der Waals surface area contributed by atoms with Gasteiger partial charge in [0.2, 0.25) is 0 Å². The van der Waals surface area contributed by atoms with Crippen molar-refractivity contribution >= 4 is 16.9 Å². The molecule has 1 aromatic carbocycles. The largest absolute Gasteiger partial charge is 0.478 e. The average molecular weight is 369 g/mol. The Morgan fingerprint density at radius 1 is 1.31 bits per heavy atom. The Morgan fingerprint density at radius 3 is 2.69 bits per heavy atom. The van der Waals surface area contributed by atoms with Crippen molar-refractivity contribution in [1.82, 2.24) is 4.98 Å². The number of furan rings is 1. The molecule has 3 aromatic rings. The zero-order valence-corrected chi connectivity index (χ0v) is 13.2. The van der Waals surface area contributed by atoms with Crippen molar-refractivity contribution in [2.24, 2.45) is 0 Å². The maximum atomic E-state index is 14.4. The van der Waals surface area contributed by atoms with Crippen LogP contribution in [0.5, 0.6) is 5.75 Å². The van der Waals surface area contributed by atoms with E-state index in [-0.39, 0.29) is 22.3 Å². The molecule has 5 nitrogen and oxygen atoms in total. The third-order valence-corrected chi connectivity index (χ3v) is 3.65. The lowest BCUT2D eigenvalue weighted by Crippen LogP contribution is -2.24. The second kappa shape index (κ2) is 6.32. The molecule has 136 valence electrons. The van der Waals surface area contributed by atoms with Crippen LogP contribution >= 0.6 is 0 Å². The number of benzene rings is 1. The monoisotopic (exact) mass is 369 g/mol. The number of hydrogen-bond donors (Lipinski definition) is 1. The van der Waals surface area contributed by atoms with Gasteiger partial charge >= 0.3 is 12.1 Å². The fraction of sp³-hybridized carbons (Fsp3) is 0.176. The molecule has 0 amide bonds. The average Bonchev–Trinajstić information content (AvgIpc) is 2.89. The van der Waals surface area contributed by atoms with Crippen molar-refractivity contribution in [2.45, 2.75) is 19.5 Å². The van der Waals surface area contributed by atoms with Crippen LogP contribution in [0.3, 0.4) is 0 Å². The maximum Gasteiger partial charge on any atom is 0.428 e. The Labute approximate surface area is 143 Å². The summed E-state index contributed by atoms with van der Waals surface area (Å²) < 4.78 is 64.5. The van der Waals surface area contributed by atoms with Crippen molar-refractivity contribution in [3.8, 4) is 5.75 Å². The van der Waals surface area contributed by atoms with Crippen molar-refractivity contribution in [3.63, 3.8) is 0 Å². The van der Waals surface area contributed by atoms with Crippen LogP contribution in [0.4, 0.5) is 17.6 Å². The smallest absolute Gasteiger partial charge is 0.428 e. The van der Waals surface area contributed by atoms with Gasteiger partial charge < -0.3 is 14.3 Å². The number of ether oxygens (including phenoxy) is 1. The predicted molar refractivity (Wildman–Crippen MR) is 81.6 cm³/mol. The van der Waals surface area contributed by atoms with E-state index in [1.165, 1.54) is 13.0 Å². The van der Waals surface area contributed by atoms with E-state index in [0.29, 0.717) is 0 Å². The van der Waals surface area contributed by atoms with Gasteiger partial charge in [-0.15, -0.1) is 0 Å². The Morgan fingerprint density at radius 2 is 2.04 bits per heavy atom. The highest BCUT2D eigenvalue weighted by atomic mass is 19.3. The number of halogens is 4. The van der Waals surface area contributed by atoms with E-state index in [2.05, 4.69) is 9.72 Å². The molecule has 0 aliphatic carbocycles. The number of aromatic carboxylic acids is 1. The van der Waals surface area contributed by atoms with Crippen molar-refractivity contribution in [3.05, 3.63) is 59.1 Å². The molecule has 2 heterocycles. The lowest BCUT2D eigenvalue weighted by Gasteiger charge is -2.20. The fourth-order valence-electron chi connectivity index (χ4n) is 2.57. The molecule has 9 heteroatoms. The lowest BCUT2D eigenvalue weighted by molar-refractivity contribution is -0.187. The molecule has 0 unspecified atom stereocenters. The van der Waals surface area contributed by atoms with Gasteiger partial charge in [-0.05, 0) is 37.3 Å². The molecule has 1 N–H and O–H groups in total. The first-order valence-corrected chi connectivity index (χ1v) is 7.27. The third-order valence-electron chi connectivity index (χ3n) is 3.65. The summed E-state index contributed by atoms with van der Waals surface area (Å²) in [7, 11) is 0. The number of carbonyl (C=O) groups is 1. The minimum atomic E-state index is -4.10.